The molecule has 1 N–H and O–H groups in total. The number of hydrogen-bond donors (Lipinski definition) is 1. The molecule has 0 spiro atoms. The number of amides is 1. The first-order valence-corrected chi connectivity index (χ1v) is 11.2. The van der Waals surface area contributed by atoms with Gasteiger partial charge in [0.1, 0.15) is 5.75 Å². The van der Waals surface area contributed by atoms with E-state index in [0.29, 0.717) is 22.3 Å². The summed E-state index contributed by atoms with van der Waals surface area (Å²) >= 11 is 1.35. The van der Waals surface area contributed by atoms with Gasteiger partial charge in [-0.05, 0) is 48.9 Å². The molecule has 6 nitrogen and oxygen atoms in total. The summed E-state index contributed by atoms with van der Waals surface area (Å²) < 4.78 is 7.92. The van der Waals surface area contributed by atoms with Crippen molar-refractivity contribution in [2.24, 2.45) is 0 Å². The van der Waals surface area contributed by atoms with Gasteiger partial charge in [-0.3, -0.25) is 9.20 Å². The van der Waals surface area contributed by atoms with E-state index in [9.17, 15) is 4.79 Å². The molecule has 2 aromatic heterocycles. The first kappa shape index (κ1) is 20.1. The Balaban J connectivity index is 1.33. The molecule has 0 unspecified atom stereocenters. The number of anilines is 1. The monoisotopic (exact) mass is 440 g/mol. The maximum atomic E-state index is 12.7. The lowest BCUT2D eigenvalue weighted by Crippen LogP contribution is -2.15. The fourth-order valence-corrected chi connectivity index (χ4v) is 4.31. The second-order valence-corrected chi connectivity index (χ2v) is 8.21. The Hall–Kier alpha value is -3.84. The highest BCUT2D eigenvalue weighted by Crippen LogP contribution is 2.30. The Kier molecular flexibility index (Phi) is 5.47. The highest BCUT2D eigenvalue weighted by molar-refractivity contribution is 7.99. The summed E-state index contributed by atoms with van der Waals surface area (Å²) in [6.45, 7) is 2.06. The fourth-order valence-electron chi connectivity index (χ4n) is 3.56. The summed E-state index contributed by atoms with van der Waals surface area (Å²) in [5.41, 5.74) is 3.56. The minimum Gasteiger partial charge on any atom is -0.455 e. The molecule has 158 valence electrons. The number of aromatic nitrogens is 3. The number of nitrogens with one attached hydrogen (secondary N) is 1. The zero-order valence-electron chi connectivity index (χ0n) is 17.4. The van der Waals surface area contributed by atoms with Crippen molar-refractivity contribution in [2.45, 2.75) is 12.1 Å². The van der Waals surface area contributed by atoms with E-state index < -0.39 is 0 Å². The molecule has 5 rings (SSSR count). The van der Waals surface area contributed by atoms with Crippen LogP contribution in [-0.2, 0) is 4.79 Å². The summed E-state index contributed by atoms with van der Waals surface area (Å²) in [5, 5.41) is 13.4. The second kappa shape index (κ2) is 8.72. The molecule has 0 aliphatic rings. The van der Waals surface area contributed by atoms with Crippen molar-refractivity contribution in [3.63, 3.8) is 0 Å². The largest absolute Gasteiger partial charge is 0.455 e. The smallest absolute Gasteiger partial charge is 0.234 e. The molecule has 0 atom stereocenters. The Morgan fingerprint density at radius 2 is 1.72 bits per heavy atom. The van der Waals surface area contributed by atoms with Crippen LogP contribution in [0.3, 0.4) is 0 Å². The van der Waals surface area contributed by atoms with Gasteiger partial charge in [0.2, 0.25) is 5.91 Å². The van der Waals surface area contributed by atoms with Crippen LogP contribution in [-0.4, -0.2) is 26.3 Å². The minimum absolute atomic E-state index is 0.146. The fraction of sp³-hybridized carbons (Fsp3) is 0.0800. The van der Waals surface area contributed by atoms with E-state index in [4.69, 9.17) is 4.74 Å². The zero-order chi connectivity index (χ0) is 21.9. The van der Waals surface area contributed by atoms with Crippen LogP contribution in [0.2, 0.25) is 0 Å². The molecule has 5 aromatic rings. The number of benzene rings is 3. The molecule has 0 fully saturated rings. The topological polar surface area (TPSA) is 68.5 Å². The van der Waals surface area contributed by atoms with Gasteiger partial charge in [0.05, 0.1) is 17.0 Å². The van der Waals surface area contributed by atoms with Crippen molar-refractivity contribution in [3.05, 3.63) is 90.5 Å². The molecule has 2 heterocycles. The number of para-hydroxylation sites is 4. The van der Waals surface area contributed by atoms with Gasteiger partial charge in [-0.25, -0.2) is 0 Å². The quantitative estimate of drug-likeness (QED) is 0.342. The van der Waals surface area contributed by atoms with E-state index in [1.54, 1.807) is 0 Å². The average molecular weight is 441 g/mol. The molecule has 0 bridgehead atoms. The standard InChI is InChI=1S/C25H20N4O2S/c1-17-15-23-27-28-25(29(23)21-13-7-5-11-19(17)21)32-16-24(30)26-20-12-6-8-14-22(20)31-18-9-3-2-4-10-18/h2-15H,16H2,1H3,(H,26,30). The second-order valence-electron chi connectivity index (χ2n) is 7.27. The predicted octanol–water partition coefficient (Wildman–Crippen LogP) is 5.71. The van der Waals surface area contributed by atoms with E-state index in [2.05, 4.69) is 28.5 Å². The number of nitrogens with zero attached hydrogens (tertiary/aromatic N) is 3. The van der Waals surface area contributed by atoms with E-state index >= 15 is 0 Å². The van der Waals surface area contributed by atoms with Crippen molar-refractivity contribution >= 4 is 39.9 Å². The Bertz CT molecular complexity index is 1420. The van der Waals surface area contributed by atoms with Gasteiger partial charge in [0.15, 0.2) is 16.6 Å². The van der Waals surface area contributed by atoms with Gasteiger partial charge < -0.3 is 10.1 Å². The molecular weight excluding hydrogens is 420 g/mol. The number of aryl methyl sites for hydroxylation is 1. The molecule has 32 heavy (non-hydrogen) atoms. The minimum atomic E-state index is -0.146. The number of hydrogen-bond acceptors (Lipinski definition) is 5. The Morgan fingerprint density at radius 3 is 2.59 bits per heavy atom. The molecule has 0 saturated heterocycles. The summed E-state index contributed by atoms with van der Waals surface area (Å²) in [7, 11) is 0. The van der Waals surface area contributed by atoms with Crippen LogP contribution in [0, 0.1) is 6.92 Å². The Labute approximate surface area is 189 Å². The van der Waals surface area contributed by atoms with Crippen molar-refractivity contribution in [2.75, 3.05) is 11.1 Å². The van der Waals surface area contributed by atoms with Crippen LogP contribution < -0.4 is 10.1 Å². The van der Waals surface area contributed by atoms with Crippen molar-refractivity contribution in [3.8, 4) is 11.5 Å². The van der Waals surface area contributed by atoms with Gasteiger partial charge in [0, 0.05) is 5.39 Å². The van der Waals surface area contributed by atoms with Gasteiger partial charge >= 0.3 is 0 Å². The molecule has 0 aliphatic heterocycles. The van der Waals surface area contributed by atoms with Crippen LogP contribution in [0.15, 0.2) is 90.1 Å². The number of rotatable bonds is 6. The summed E-state index contributed by atoms with van der Waals surface area (Å²) in [6, 6.07) is 27.0. The number of carbonyl (C=O) groups excluding carboxylic acids is 1. The third-order valence-electron chi connectivity index (χ3n) is 5.04. The first-order valence-electron chi connectivity index (χ1n) is 10.2. The van der Waals surface area contributed by atoms with Crippen molar-refractivity contribution in [1.82, 2.24) is 14.6 Å². The average Bonchev–Trinajstić information content (AvgIpc) is 3.23. The van der Waals surface area contributed by atoms with Crippen LogP contribution >= 0.6 is 11.8 Å². The number of fused-ring (bicyclic) bond motifs is 3. The third-order valence-corrected chi connectivity index (χ3v) is 5.97. The van der Waals surface area contributed by atoms with E-state index in [-0.39, 0.29) is 11.7 Å². The van der Waals surface area contributed by atoms with Crippen molar-refractivity contribution < 1.29 is 9.53 Å². The molecule has 0 radical (unpaired) electrons. The number of pyridine rings is 1. The zero-order valence-corrected chi connectivity index (χ0v) is 18.2. The first-order chi connectivity index (χ1) is 15.7. The highest BCUT2D eigenvalue weighted by Gasteiger charge is 2.14. The molecule has 0 saturated carbocycles. The molecule has 7 heteroatoms. The van der Waals surface area contributed by atoms with Gasteiger partial charge in [-0.15, -0.1) is 10.2 Å². The summed E-state index contributed by atoms with van der Waals surface area (Å²) in [5.74, 6) is 1.35. The van der Waals surface area contributed by atoms with E-state index in [1.165, 1.54) is 11.8 Å². The molecular formula is C25H20N4O2S. The van der Waals surface area contributed by atoms with Gasteiger partial charge in [0.25, 0.3) is 0 Å². The number of thioether (sulfide) groups is 1. The maximum absolute atomic E-state index is 12.7. The van der Waals surface area contributed by atoms with Crippen LogP contribution in [0.25, 0.3) is 16.6 Å². The van der Waals surface area contributed by atoms with Crippen molar-refractivity contribution in [1.29, 1.82) is 0 Å². The SMILES string of the molecule is Cc1cc2nnc(SCC(=O)Nc3ccccc3Oc3ccccc3)n2c2ccccc12. The molecule has 1 amide bonds. The molecule has 3 aromatic carbocycles. The summed E-state index contributed by atoms with van der Waals surface area (Å²) in [6.07, 6.45) is 0. The van der Waals surface area contributed by atoms with E-state index in [0.717, 1.165) is 22.1 Å². The van der Waals surface area contributed by atoms with Crippen LogP contribution in [0.1, 0.15) is 5.56 Å². The van der Waals surface area contributed by atoms with Gasteiger partial charge in [-0.1, -0.05) is 60.3 Å². The lowest BCUT2D eigenvalue weighted by molar-refractivity contribution is -0.113. The third kappa shape index (κ3) is 4.02. The Morgan fingerprint density at radius 1 is 0.969 bits per heavy atom. The number of ether oxygens (including phenoxy) is 1. The van der Waals surface area contributed by atoms with Gasteiger partial charge in [-0.2, -0.15) is 0 Å². The van der Waals surface area contributed by atoms with E-state index in [1.807, 2.05) is 83.3 Å². The predicted molar refractivity (Wildman–Crippen MR) is 128 cm³/mol. The normalized spacial score (nSPS) is 11.0. The lowest BCUT2D eigenvalue weighted by atomic mass is 10.1. The number of carbonyl (C=O) groups is 1. The molecule has 0 aliphatic carbocycles. The lowest BCUT2D eigenvalue weighted by Gasteiger charge is -2.12. The highest BCUT2D eigenvalue weighted by atomic mass is 32.2. The summed E-state index contributed by atoms with van der Waals surface area (Å²) in [4.78, 5) is 12.7. The van der Waals surface area contributed by atoms with Crippen LogP contribution in [0.4, 0.5) is 5.69 Å². The maximum Gasteiger partial charge on any atom is 0.234 e. The van der Waals surface area contributed by atoms with Crippen LogP contribution in [0.5, 0.6) is 11.5 Å².